The maximum atomic E-state index is 12.8. The molecule has 22 heavy (non-hydrogen) atoms. The van der Waals surface area contributed by atoms with Gasteiger partial charge in [0.2, 0.25) is 5.95 Å². The van der Waals surface area contributed by atoms with Crippen molar-refractivity contribution in [3.63, 3.8) is 0 Å². The second-order valence-corrected chi connectivity index (χ2v) is 6.24. The first kappa shape index (κ1) is 15.5. The Hall–Kier alpha value is -1.37. The molecule has 3 rings (SSSR count). The van der Waals surface area contributed by atoms with Gasteiger partial charge in [0, 0.05) is 31.8 Å². The monoisotopic (exact) mass is 315 g/mol. The lowest BCUT2D eigenvalue weighted by Gasteiger charge is -2.43. The maximum absolute atomic E-state index is 12.8. The predicted molar refractivity (Wildman–Crippen MR) is 75.6 cm³/mol. The quantitative estimate of drug-likeness (QED) is 0.839. The molecule has 0 amide bonds. The summed E-state index contributed by atoms with van der Waals surface area (Å²) in [6.45, 7) is 1.37. The fraction of sp³-hybridized carbons (Fsp3) is 0.733. The number of hydrogen-bond acceptors (Lipinski definition) is 4. The second kappa shape index (κ2) is 5.68. The minimum Gasteiger partial charge on any atom is -0.381 e. The van der Waals surface area contributed by atoms with Crippen LogP contribution in [0, 0.1) is 5.41 Å². The zero-order chi connectivity index (χ0) is 15.8. The summed E-state index contributed by atoms with van der Waals surface area (Å²) in [5, 5.41) is 0. The standard InChI is InChI=1S/C15H20F3N3O/c1-22-12-4-2-6-14(12)7-3-9-21(10-14)13-19-8-5-11(20-13)15(16,17)18/h5,8,12H,2-4,6-7,9-10H2,1H3/t12-,14+/m1/s1. The smallest absolute Gasteiger partial charge is 0.381 e. The van der Waals surface area contributed by atoms with Crippen LogP contribution in [-0.2, 0) is 10.9 Å². The number of anilines is 1. The molecule has 0 radical (unpaired) electrons. The van der Waals surface area contributed by atoms with E-state index < -0.39 is 11.9 Å². The Morgan fingerprint density at radius 2 is 2.09 bits per heavy atom. The number of rotatable bonds is 2. The Kier molecular flexibility index (Phi) is 4.01. The van der Waals surface area contributed by atoms with E-state index in [1.807, 2.05) is 4.90 Å². The SMILES string of the molecule is CO[C@@H]1CCC[C@@]12CCCN(c1nccc(C(F)(F)F)n1)C2. The minimum atomic E-state index is -4.44. The summed E-state index contributed by atoms with van der Waals surface area (Å²) in [6, 6.07) is 0.913. The van der Waals surface area contributed by atoms with Crippen molar-refractivity contribution >= 4 is 5.95 Å². The lowest BCUT2D eigenvalue weighted by Crippen LogP contribution is -2.48. The molecule has 2 fully saturated rings. The molecule has 1 saturated heterocycles. The molecular weight excluding hydrogens is 295 g/mol. The molecule has 1 aliphatic carbocycles. The lowest BCUT2D eigenvalue weighted by molar-refractivity contribution is -0.141. The van der Waals surface area contributed by atoms with Gasteiger partial charge in [-0.2, -0.15) is 13.2 Å². The van der Waals surface area contributed by atoms with E-state index in [0.29, 0.717) is 13.1 Å². The van der Waals surface area contributed by atoms with Crippen LogP contribution in [0.15, 0.2) is 12.3 Å². The molecule has 4 nitrogen and oxygen atoms in total. The summed E-state index contributed by atoms with van der Waals surface area (Å²) < 4.78 is 44.1. The van der Waals surface area contributed by atoms with Gasteiger partial charge in [0.1, 0.15) is 5.69 Å². The van der Waals surface area contributed by atoms with Crippen LogP contribution in [-0.4, -0.2) is 36.3 Å². The number of halogens is 3. The van der Waals surface area contributed by atoms with Crippen LogP contribution >= 0.6 is 0 Å². The first-order chi connectivity index (χ1) is 10.4. The van der Waals surface area contributed by atoms with E-state index in [0.717, 1.165) is 38.2 Å². The van der Waals surface area contributed by atoms with Crippen LogP contribution in [0.4, 0.5) is 19.1 Å². The number of hydrogen-bond donors (Lipinski definition) is 0. The van der Waals surface area contributed by atoms with Crippen molar-refractivity contribution in [2.75, 3.05) is 25.1 Å². The van der Waals surface area contributed by atoms with Gasteiger partial charge in [-0.05, 0) is 31.7 Å². The maximum Gasteiger partial charge on any atom is 0.433 e. The normalized spacial score (nSPS) is 29.3. The Morgan fingerprint density at radius 3 is 2.82 bits per heavy atom. The van der Waals surface area contributed by atoms with Gasteiger partial charge in [-0.3, -0.25) is 0 Å². The molecule has 7 heteroatoms. The van der Waals surface area contributed by atoms with Gasteiger partial charge in [0.05, 0.1) is 6.10 Å². The van der Waals surface area contributed by atoms with Crippen LogP contribution in [0.3, 0.4) is 0 Å². The lowest BCUT2D eigenvalue weighted by atomic mass is 9.76. The van der Waals surface area contributed by atoms with Crippen LogP contribution in [0.25, 0.3) is 0 Å². The highest BCUT2D eigenvalue weighted by Gasteiger charge is 2.46. The minimum absolute atomic E-state index is 0.0323. The fourth-order valence-electron chi connectivity index (χ4n) is 3.93. The zero-order valence-corrected chi connectivity index (χ0v) is 12.6. The molecule has 1 aliphatic heterocycles. The highest BCUT2D eigenvalue weighted by Crippen LogP contribution is 2.46. The summed E-state index contributed by atoms with van der Waals surface area (Å²) in [4.78, 5) is 9.66. The van der Waals surface area contributed by atoms with Crippen molar-refractivity contribution in [2.45, 2.75) is 44.4 Å². The van der Waals surface area contributed by atoms with E-state index >= 15 is 0 Å². The topological polar surface area (TPSA) is 38.2 Å². The molecule has 1 aromatic heterocycles. The third-order valence-corrected chi connectivity index (χ3v) is 4.93. The number of alkyl halides is 3. The third kappa shape index (κ3) is 2.78. The number of ether oxygens (including phenoxy) is 1. The zero-order valence-electron chi connectivity index (χ0n) is 12.6. The average Bonchev–Trinajstić information content (AvgIpc) is 2.88. The summed E-state index contributed by atoms with van der Waals surface area (Å²) in [5.74, 6) is 0.177. The van der Waals surface area contributed by atoms with Crippen molar-refractivity contribution in [1.29, 1.82) is 0 Å². The molecule has 2 heterocycles. The first-order valence-corrected chi connectivity index (χ1v) is 7.63. The van der Waals surface area contributed by atoms with E-state index in [4.69, 9.17) is 4.74 Å². The Morgan fingerprint density at radius 1 is 1.32 bits per heavy atom. The number of aromatic nitrogens is 2. The number of methoxy groups -OCH3 is 1. The van der Waals surface area contributed by atoms with Gasteiger partial charge < -0.3 is 9.64 Å². The Balaban J connectivity index is 1.83. The van der Waals surface area contributed by atoms with Crippen molar-refractivity contribution in [2.24, 2.45) is 5.41 Å². The number of piperidine rings is 1. The van der Waals surface area contributed by atoms with Crippen molar-refractivity contribution < 1.29 is 17.9 Å². The third-order valence-electron chi connectivity index (χ3n) is 4.93. The average molecular weight is 315 g/mol. The summed E-state index contributed by atoms with van der Waals surface area (Å²) >= 11 is 0. The van der Waals surface area contributed by atoms with Crippen molar-refractivity contribution in [1.82, 2.24) is 9.97 Å². The van der Waals surface area contributed by atoms with Crippen molar-refractivity contribution in [3.8, 4) is 0 Å². The Labute approximate surface area is 127 Å². The van der Waals surface area contributed by atoms with Crippen molar-refractivity contribution in [3.05, 3.63) is 18.0 Å². The van der Waals surface area contributed by atoms with E-state index in [9.17, 15) is 13.2 Å². The van der Waals surface area contributed by atoms with E-state index in [1.165, 1.54) is 6.20 Å². The molecule has 0 N–H and O–H groups in total. The van der Waals surface area contributed by atoms with Gasteiger partial charge in [0.15, 0.2) is 0 Å². The molecular formula is C15H20F3N3O. The summed E-state index contributed by atoms with van der Waals surface area (Å²) in [6.07, 6.45) is 2.11. The molecule has 0 aromatic carbocycles. The van der Waals surface area contributed by atoms with E-state index in [-0.39, 0.29) is 17.5 Å². The van der Waals surface area contributed by atoms with Crippen LogP contribution in [0.2, 0.25) is 0 Å². The van der Waals surface area contributed by atoms with Crippen LogP contribution in [0.1, 0.15) is 37.8 Å². The van der Waals surface area contributed by atoms with E-state index in [2.05, 4.69) is 9.97 Å². The van der Waals surface area contributed by atoms with Gasteiger partial charge in [-0.15, -0.1) is 0 Å². The van der Waals surface area contributed by atoms with E-state index in [1.54, 1.807) is 7.11 Å². The van der Waals surface area contributed by atoms with Crippen LogP contribution in [0.5, 0.6) is 0 Å². The first-order valence-electron chi connectivity index (χ1n) is 7.63. The summed E-state index contributed by atoms with van der Waals surface area (Å²) in [7, 11) is 1.72. The predicted octanol–water partition coefficient (Wildman–Crippen LogP) is 3.28. The van der Waals surface area contributed by atoms with Gasteiger partial charge in [-0.25, -0.2) is 9.97 Å². The largest absolute Gasteiger partial charge is 0.433 e. The number of nitrogens with zero attached hydrogens (tertiary/aromatic N) is 3. The van der Waals surface area contributed by atoms with Gasteiger partial charge in [0.25, 0.3) is 0 Å². The molecule has 2 atom stereocenters. The molecule has 1 spiro atoms. The highest BCUT2D eigenvalue weighted by atomic mass is 19.4. The Bertz CT molecular complexity index is 537. The fourth-order valence-corrected chi connectivity index (χ4v) is 3.93. The summed E-state index contributed by atoms with van der Waals surface area (Å²) in [5.41, 5.74) is -0.850. The second-order valence-electron chi connectivity index (χ2n) is 6.24. The molecule has 1 saturated carbocycles. The molecule has 0 unspecified atom stereocenters. The highest BCUT2D eigenvalue weighted by molar-refractivity contribution is 5.33. The molecule has 2 aliphatic rings. The molecule has 1 aromatic rings. The van der Waals surface area contributed by atoms with Gasteiger partial charge >= 0.3 is 6.18 Å². The van der Waals surface area contributed by atoms with Gasteiger partial charge in [-0.1, -0.05) is 6.42 Å². The molecule has 122 valence electrons. The van der Waals surface area contributed by atoms with Crippen LogP contribution < -0.4 is 4.90 Å². The molecule has 0 bridgehead atoms.